The smallest absolute Gasteiger partial charge is 0.303 e. The molecule has 1 atom stereocenters. The first kappa shape index (κ1) is 12.0. The fourth-order valence-electron chi connectivity index (χ4n) is 2.02. The summed E-state index contributed by atoms with van der Waals surface area (Å²) in [6.07, 6.45) is 2.78. The molecular weight excluding hydrogens is 238 g/mol. The molecule has 0 aliphatic carbocycles. The van der Waals surface area contributed by atoms with Crippen molar-refractivity contribution in [2.75, 3.05) is 0 Å². The van der Waals surface area contributed by atoms with Crippen LogP contribution in [0.1, 0.15) is 31.2 Å². The standard InChI is InChI=1S/C13H14ClNO2/c1-8(2-5-13(16)17)11-7-15-12-6-9(14)3-4-10(11)12/h3-4,6-8,15H,2,5H2,1H3,(H,16,17). The minimum absolute atomic E-state index is 0.196. The molecule has 4 heteroatoms. The second-order valence-corrected chi connectivity index (χ2v) is 4.70. The molecule has 2 N–H and O–H groups in total. The lowest BCUT2D eigenvalue weighted by molar-refractivity contribution is -0.137. The van der Waals surface area contributed by atoms with Gasteiger partial charge in [-0.2, -0.15) is 0 Å². The summed E-state index contributed by atoms with van der Waals surface area (Å²) in [5, 5.41) is 10.5. The van der Waals surface area contributed by atoms with Crippen LogP contribution in [-0.2, 0) is 4.79 Å². The molecule has 0 amide bonds. The van der Waals surface area contributed by atoms with Gasteiger partial charge in [0, 0.05) is 28.5 Å². The lowest BCUT2D eigenvalue weighted by atomic mass is 9.96. The number of carboxylic acid groups (broad SMARTS) is 1. The second kappa shape index (κ2) is 4.80. The number of halogens is 1. The van der Waals surface area contributed by atoms with Gasteiger partial charge in [0.1, 0.15) is 0 Å². The molecule has 0 radical (unpaired) electrons. The van der Waals surface area contributed by atoms with E-state index in [4.69, 9.17) is 16.7 Å². The number of carbonyl (C=O) groups is 1. The molecule has 1 unspecified atom stereocenters. The Morgan fingerprint density at radius 3 is 3.00 bits per heavy atom. The molecule has 1 heterocycles. The molecule has 0 saturated heterocycles. The van der Waals surface area contributed by atoms with Crippen LogP contribution in [0.25, 0.3) is 10.9 Å². The third kappa shape index (κ3) is 2.61. The molecule has 1 aromatic heterocycles. The highest BCUT2D eigenvalue weighted by Gasteiger charge is 2.12. The van der Waals surface area contributed by atoms with Crippen LogP contribution >= 0.6 is 11.6 Å². The number of H-pyrrole nitrogens is 1. The van der Waals surface area contributed by atoms with E-state index >= 15 is 0 Å². The minimum Gasteiger partial charge on any atom is -0.481 e. The number of aromatic nitrogens is 1. The van der Waals surface area contributed by atoms with Crippen molar-refractivity contribution in [2.24, 2.45) is 0 Å². The first-order valence-electron chi connectivity index (χ1n) is 5.56. The Kier molecular flexibility index (Phi) is 3.38. The number of nitrogens with one attached hydrogen (secondary N) is 1. The number of aromatic amines is 1. The van der Waals surface area contributed by atoms with Crippen LogP contribution in [0.4, 0.5) is 0 Å². The van der Waals surface area contributed by atoms with Crippen molar-refractivity contribution >= 4 is 28.5 Å². The van der Waals surface area contributed by atoms with Crippen molar-refractivity contribution in [1.29, 1.82) is 0 Å². The zero-order valence-electron chi connectivity index (χ0n) is 9.53. The first-order chi connectivity index (χ1) is 8.08. The van der Waals surface area contributed by atoms with E-state index in [9.17, 15) is 4.79 Å². The van der Waals surface area contributed by atoms with Gasteiger partial charge < -0.3 is 10.1 Å². The van der Waals surface area contributed by atoms with Gasteiger partial charge in [-0.25, -0.2) is 0 Å². The van der Waals surface area contributed by atoms with E-state index in [0.717, 1.165) is 16.5 Å². The van der Waals surface area contributed by atoms with Gasteiger partial charge in [-0.1, -0.05) is 24.6 Å². The Bertz CT molecular complexity index is 547. The van der Waals surface area contributed by atoms with Gasteiger partial charge in [-0.3, -0.25) is 4.79 Å². The minimum atomic E-state index is -0.750. The van der Waals surface area contributed by atoms with E-state index in [1.54, 1.807) is 0 Å². The lowest BCUT2D eigenvalue weighted by Crippen LogP contribution is -1.99. The molecule has 0 fully saturated rings. The predicted molar refractivity (Wildman–Crippen MR) is 68.6 cm³/mol. The maximum Gasteiger partial charge on any atom is 0.303 e. The third-order valence-corrected chi connectivity index (χ3v) is 3.23. The second-order valence-electron chi connectivity index (χ2n) is 4.27. The molecule has 2 rings (SSSR count). The van der Waals surface area contributed by atoms with Crippen LogP contribution in [0, 0.1) is 0 Å². The molecule has 0 saturated carbocycles. The maximum atomic E-state index is 10.6. The molecule has 90 valence electrons. The van der Waals surface area contributed by atoms with Gasteiger partial charge in [-0.05, 0) is 30.0 Å². The van der Waals surface area contributed by atoms with Gasteiger partial charge in [0.15, 0.2) is 0 Å². The molecule has 0 aliphatic heterocycles. The highest BCUT2D eigenvalue weighted by Crippen LogP contribution is 2.29. The van der Waals surface area contributed by atoms with Gasteiger partial charge in [0.25, 0.3) is 0 Å². The van der Waals surface area contributed by atoms with Crippen LogP contribution in [0.3, 0.4) is 0 Å². The summed E-state index contributed by atoms with van der Waals surface area (Å²) in [7, 11) is 0. The van der Waals surface area contributed by atoms with Crippen molar-refractivity contribution in [2.45, 2.75) is 25.7 Å². The molecule has 0 spiro atoms. The summed E-state index contributed by atoms with van der Waals surface area (Å²) in [6.45, 7) is 2.04. The topological polar surface area (TPSA) is 53.1 Å². The summed E-state index contributed by atoms with van der Waals surface area (Å²) in [6, 6.07) is 5.70. The lowest BCUT2D eigenvalue weighted by Gasteiger charge is -2.08. The molecule has 3 nitrogen and oxygen atoms in total. The van der Waals surface area contributed by atoms with Gasteiger partial charge in [0.2, 0.25) is 0 Å². The Morgan fingerprint density at radius 1 is 1.53 bits per heavy atom. The average Bonchev–Trinajstić information content (AvgIpc) is 2.68. The van der Waals surface area contributed by atoms with Crippen molar-refractivity contribution in [3.8, 4) is 0 Å². The Hall–Kier alpha value is -1.48. The highest BCUT2D eigenvalue weighted by molar-refractivity contribution is 6.31. The quantitative estimate of drug-likeness (QED) is 0.869. The molecule has 2 aromatic rings. The maximum absolute atomic E-state index is 10.6. The summed E-state index contributed by atoms with van der Waals surface area (Å²) >= 11 is 5.91. The van der Waals surface area contributed by atoms with Crippen molar-refractivity contribution in [1.82, 2.24) is 4.98 Å². The summed E-state index contributed by atoms with van der Waals surface area (Å²) in [5.74, 6) is -0.527. The number of hydrogen-bond acceptors (Lipinski definition) is 1. The monoisotopic (exact) mass is 251 g/mol. The van der Waals surface area contributed by atoms with Crippen molar-refractivity contribution < 1.29 is 9.90 Å². The Balaban J connectivity index is 2.26. The van der Waals surface area contributed by atoms with Crippen LogP contribution in [0.15, 0.2) is 24.4 Å². The predicted octanol–water partition coefficient (Wildman–Crippen LogP) is 3.79. The summed E-state index contributed by atoms with van der Waals surface area (Å²) < 4.78 is 0. The van der Waals surface area contributed by atoms with Crippen molar-refractivity contribution in [3.05, 3.63) is 35.0 Å². The normalized spacial score (nSPS) is 12.8. The zero-order valence-corrected chi connectivity index (χ0v) is 10.3. The van der Waals surface area contributed by atoms with E-state index in [-0.39, 0.29) is 12.3 Å². The number of hydrogen-bond donors (Lipinski definition) is 2. The number of rotatable bonds is 4. The molecule has 0 bridgehead atoms. The molecule has 17 heavy (non-hydrogen) atoms. The van der Waals surface area contributed by atoms with Crippen LogP contribution in [-0.4, -0.2) is 16.1 Å². The van der Waals surface area contributed by atoms with Gasteiger partial charge in [0.05, 0.1) is 0 Å². The highest BCUT2D eigenvalue weighted by atomic mass is 35.5. The van der Waals surface area contributed by atoms with E-state index in [0.29, 0.717) is 11.4 Å². The summed E-state index contributed by atoms with van der Waals surface area (Å²) in [5.41, 5.74) is 2.15. The van der Waals surface area contributed by atoms with Crippen LogP contribution in [0.2, 0.25) is 5.02 Å². The zero-order chi connectivity index (χ0) is 12.4. The van der Waals surface area contributed by atoms with Gasteiger partial charge >= 0.3 is 5.97 Å². The SMILES string of the molecule is CC(CCC(=O)O)c1c[nH]c2cc(Cl)ccc12. The summed E-state index contributed by atoms with van der Waals surface area (Å²) in [4.78, 5) is 13.7. The average molecular weight is 252 g/mol. The van der Waals surface area contributed by atoms with Crippen molar-refractivity contribution in [3.63, 3.8) is 0 Å². The van der Waals surface area contributed by atoms with E-state index in [1.165, 1.54) is 0 Å². The Labute approximate surface area is 104 Å². The van der Waals surface area contributed by atoms with Crippen LogP contribution in [0.5, 0.6) is 0 Å². The van der Waals surface area contributed by atoms with E-state index < -0.39 is 5.97 Å². The Morgan fingerprint density at radius 2 is 2.29 bits per heavy atom. The molecular formula is C13H14ClNO2. The molecule has 0 aliphatic rings. The van der Waals surface area contributed by atoms with E-state index in [1.807, 2.05) is 31.3 Å². The number of carboxylic acids is 1. The molecule has 1 aromatic carbocycles. The number of benzene rings is 1. The fraction of sp³-hybridized carbons (Fsp3) is 0.308. The van der Waals surface area contributed by atoms with E-state index in [2.05, 4.69) is 4.98 Å². The van der Waals surface area contributed by atoms with Gasteiger partial charge in [-0.15, -0.1) is 0 Å². The van der Waals surface area contributed by atoms with Crippen LogP contribution < -0.4 is 0 Å². The fourth-order valence-corrected chi connectivity index (χ4v) is 2.20. The number of fused-ring (bicyclic) bond motifs is 1. The third-order valence-electron chi connectivity index (χ3n) is 3.00. The first-order valence-corrected chi connectivity index (χ1v) is 5.94. The number of aliphatic carboxylic acids is 1. The largest absolute Gasteiger partial charge is 0.481 e.